The molecule has 4 rings (SSSR count). The van der Waals surface area contributed by atoms with Gasteiger partial charge in [-0.15, -0.1) is 11.3 Å². The van der Waals surface area contributed by atoms with Crippen molar-refractivity contribution < 1.29 is 4.79 Å². The summed E-state index contributed by atoms with van der Waals surface area (Å²) in [7, 11) is 0. The fourth-order valence-corrected chi connectivity index (χ4v) is 3.87. The highest BCUT2D eigenvalue weighted by atomic mass is 32.1. The van der Waals surface area contributed by atoms with E-state index in [1.54, 1.807) is 0 Å². The molecule has 2 heterocycles. The monoisotopic (exact) mass is 385 g/mol. The third-order valence-electron chi connectivity index (χ3n) is 4.36. The van der Waals surface area contributed by atoms with Crippen molar-refractivity contribution in [3.05, 3.63) is 45.7 Å². The highest BCUT2D eigenvalue weighted by Gasteiger charge is 2.26. The molecule has 0 saturated heterocycles. The molecule has 134 valence electrons. The van der Waals surface area contributed by atoms with E-state index in [1.165, 1.54) is 24.2 Å². The minimum Gasteiger partial charge on any atom is -0.302 e. The van der Waals surface area contributed by atoms with Crippen LogP contribution in [-0.2, 0) is 11.3 Å². The smallest absolute Gasteiger partial charge is 0.227 e. The quantitative estimate of drug-likeness (QED) is 0.621. The standard InChI is InChI=1S/C18H19N5OS2/c1-11-3-2-4-13(9-11)16-21-22-18(25)23(16)8-7-15(24)20-17-19-14(10-26-17)12-5-6-12/h2-4,9-10,12H,5-8H2,1H3,(H,22,25)(H,19,20,24). The van der Waals surface area contributed by atoms with E-state index in [0.717, 1.165) is 22.6 Å². The minimum absolute atomic E-state index is 0.0695. The van der Waals surface area contributed by atoms with Crippen molar-refractivity contribution in [2.45, 2.75) is 38.6 Å². The van der Waals surface area contributed by atoms with Crippen LogP contribution in [0, 0.1) is 11.7 Å². The molecule has 2 N–H and O–H groups in total. The fraction of sp³-hybridized carbons (Fsp3) is 0.333. The third-order valence-corrected chi connectivity index (χ3v) is 5.45. The molecule has 1 aromatic carbocycles. The van der Waals surface area contributed by atoms with Crippen molar-refractivity contribution in [1.82, 2.24) is 19.7 Å². The minimum atomic E-state index is -0.0695. The predicted molar refractivity (Wildman–Crippen MR) is 105 cm³/mol. The summed E-state index contributed by atoms with van der Waals surface area (Å²) in [5, 5.41) is 12.7. The highest BCUT2D eigenvalue weighted by Crippen LogP contribution is 2.40. The summed E-state index contributed by atoms with van der Waals surface area (Å²) in [6.45, 7) is 2.50. The molecule has 1 aliphatic rings. The van der Waals surface area contributed by atoms with E-state index in [-0.39, 0.29) is 5.91 Å². The van der Waals surface area contributed by atoms with Crippen LogP contribution in [0.1, 0.15) is 36.4 Å². The van der Waals surface area contributed by atoms with Crippen LogP contribution >= 0.6 is 23.6 Å². The second-order valence-electron chi connectivity index (χ2n) is 6.52. The summed E-state index contributed by atoms with van der Waals surface area (Å²) in [4.78, 5) is 16.8. The Balaban J connectivity index is 1.43. The Hall–Kier alpha value is -2.32. The number of benzene rings is 1. The number of carbonyl (C=O) groups excluding carboxylic acids is 1. The van der Waals surface area contributed by atoms with Crippen molar-refractivity contribution in [1.29, 1.82) is 0 Å². The average Bonchev–Trinajstić information content (AvgIpc) is 3.26. The van der Waals surface area contributed by atoms with Crippen molar-refractivity contribution in [2.75, 3.05) is 5.32 Å². The number of amides is 1. The molecule has 0 atom stereocenters. The SMILES string of the molecule is Cc1cccc(-c2n[nH]c(=S)n2CCC(=O)Nc2nc(C3CC3)cs2)c1. The lowest BCUT2D eigenvalue weighted by Crippen LogP contribution is -2.15. The average molecular weight is 386 g/mol. The lowest BCUT2D eigenvalue weighted by Gasteiger charge is -2.07. The van der Waals surface area contributed by atoms with Gasteiger partial charge in [0.25, 0.3) is 0 Å². The molecule has 3 aromatic rings. The first kappa shape index (κ1) is 17.1. The number of aromatic amines is 1. The number of rotatable bonds is 6. The van der Waals surface area contributed by atoms with Gasteiger partial charge in [-0.05, 0) is 38.0 Å². The van der Waals surface area contributed by atoms with Crippen LogP contribution in [0.4, 0.5) is 5.13 Å². The van der Waals surface area contributed by atoms with Gasteiger partial charge in [-0.3, -0.25) is 14.5 Å². The molecule has 1 aliphatic carbocycles. The van der Waals surface area contributed by atoms with Crippen LogP contribution in [0.15, 0.2) is 29.6 Å². The van der Waals surface area contributed by atoms with Gasteiger partial charge in [0.2, 0.25) is 5.91 Å². The Morgan fingerprint density at radius 3 is 3.08 bits per heavy atom. The highest BCUT2D eigenvalue weighted by molar-refractivity contribution is 7.71. The van der Waals surface area contributed by atoms with Gasteiger partial charge in [0, 0.05) is 29.8 Å². The summed E-state index contributed by atoms with van der Waals surface area (Å²) in [6.07, 6.45) is 2.72. The van der Waals surface area contributed by atoms with Gasteiger partial charge < -0.3 is 5.32 Å². The number of hydrogen-bond acceptors (Lipinski definition) is 5. The van der Waals surface area contributed by atoms with Gasteiger partial charge >= 0.3 is 0 Å². The van der Waals surface area contributed by atoms with Crippen molar-refractivity contribution in [3.8, 4) is 11.4 Å². The molecule has 0 radical (unpaired) electrons. The second-order valence-corrected chi connectivity index (χ2v) is 7.77. The fourth-order valence-electron chi connectivity index (χ4n) is 2.83. The van der Waals surface area contributed by atoms with E-state index >= 15 is 0 Å². The maximum absolute atomic E-state index is 12.3. The van der Waals surface area contributed by atoms with E-state index in [4.69, 9.17) is 12.2 Å². The van der Waals surface area contributed by atoms with Gasteiger partial charge in [-0.1, -0.05) is 23.8 Å². The Bertz CT molecular complexity index is 999. The van der Waals surface area contributed by atoms with Crippen LogP contribution in [0.5, 0.6) is 0 Å². The topological polar surface area (TPSA) is 75.6 Å². The van der Waals surface area contributed by atoms with Crippen LogP contribution in [0.25, 0.3) is 11.4 Å². The summed E-state index contributed by atoms with van der Waals surface area (Å²) in [5.74, 6) is 1.27. The number of hydrogen-bond donors (Lipinski definition) is 2. The zero-order valence-corrected chi connectivity index (χ0v) is 16.0. The third kappa shape index (κ3) is 3.76. The van der Waals surface area contributed by atoms with E-state index in [2.05, 4.69) is 26.6 Å². The zero-order valence-electron chi connectivity index (χ0n) is 14.4. The summed E-state index contributed by atoms with van der Waals surface area (Å²) >= 11 is 6.81. The van der Waals surface area contributed by atoms with Crippen LogP contribution in [0.2, 0.25) is 0 Å². The molecule has 0 bridgehead atoms. The Morgan fingerprint density at radius 1 is 1.46 bits per heavy atom. The largest absolute Gasteiger partial charge is 0.302 e. The van der Waals surface area contributed by atoms with E-state index in [9.17, 15) is 4.79 Å². The molecule has 2 aromatic heterocycles. The molecule has 1 saturated carbocycles. The van der Waals surface area contributed by atoms with Crippen molar-refractivity contribution >= 4 is 34.6 Å². The Labute approximate surface area is 160 Å². The maximum atomic E-state index is 12.3. The molecule has 1 fully saturated rings. The molecule has 8 heteroatoms. The van der Waals surface area contributed by atoms with E-state index < -0.39 is 0 Å². The summed E-state index contributed by atoms with van der Waals surface area (Å²) in [6, 6.07) is 8.06. The number of thiazole rings is 1. The number of nitrogens with zero attached hydrogens (tertiary/aromatic N) is 3. The van der Waals surface area contributed by atoms with E-state index in [0.29, 0.717) is 28.8 Å². The van der Waals surface area contributed by atoms with Crippen LogP contribution in [0.3, 0.4) is 0 Å². The molecule has 0 aliphatic heterocycles. The number of carbonyl (C=O) groups is 1. The normalized spacial score (nSPS) is 13.7. The van der Waals surface area contributed by atoms with Gasteiger partial charge in [-0.25, -0.2) is 4.98 Å². The lowest BCUT2D eigenvalue weighted by molar-refractivity contribution is -0.116. The Morgan fingerprint density at radius 2 is 2.31 bits per heavy atom. The molecular weight excluding hydrogens is 366 g/mol. The second kappa shape index (κ2) is 7.13. The van der Waals surface area contributed by atoms with Gasteiger partial charge in [-0.2, -0.15) is 5.10 Å². The summed E-state index contributed by atoms with van der Waals surface area (Å²) in [5.41, 5.74) is 3.23. The lowest BCUT2D eigenvalue weighted by atomic mass is 10.1. The van der Waals surface area contributed by atoms with Crippen LogP contribution < -0.4 is 5.32 Å². The number of nitrogens with one attached hydrogen (secondary N) is 2. The number of anilines is 1. The van der Waals surface area contributed by atoms with Crippen molar-refractivity contribution in [2.24, 2.45) is 0 Å². The van der Waals surface area contributed by atoms with Crippen molar-refractivity contribution in [3.63, 3.8) is 0 Å². The zero-order chi connectivity index (χ0) is 18.1. The molecule has 26 heavy (non-hydrogen) atoms. The molecule has 0 unspecified atom stereocenters. The number of aromatic nitrogens is 4. The maximum Gasteiger partial charge on any atom is 0.227 e. The Kier molecular flexibility index (Phi) is 4.69. The van der Waals surface area contributed by atoms with Crippen LogP contribution in [-0.4, -0.2) is 25.7 Å². The van der Waals surface area contributed by atoms with Gasteiger partial charge in [0.05, 0.1) is 5.69 Å². The summed E-state index contributed by atoms with van der Waals surface area (Å²) < 4.78 is 2.38. The number of H-pyrrole nitrogens is 1. The first-order valence-electron chi connectivity index (χ1n) is 8.57. The molecular formula is C18H19N5OS2. The molecule has 0 spiro atoms. The van der Waals surface area contributed by atoms with Gasteiger partial charge in [0.15, 0.2) is 15.7 Å². The van der Waals surface area contributed by atoms with Gasteiger partial charge in [0.1, 0.15) is 0 Å². The number of aryl methyl sites for hydroxylation is 1. The van der Waals surface area contributed by atoms with E-state index in [1.807, 2.05) is 35.1 Å². The predicted octanol–water partition coefficient (Wildman–Crippen LogP) is 4.28. The first-order chi connectivity index (χ1) is 12.6. The first-order valence-corrected chi connectivity index (χ1v) is 9.86. The molecule has 6 nitrogen and oxygen atoms in total. The molecule has 1 amide bonds.